The average Bonchev–Trinajstić information content (AvgIpc) is 2.56. The third-order valence-electron chi connectivity index (χ3n) is 2.24. The minimum Gasteiger partial charge on any atom is -0.481 e. The van der Waals surface area contributed by atoms with E-state index in [0.717, 1.165) is 16.8 Å². The molecule has 0 spiro atoms. The summed E-state index contributed by atoms with van der Waals surface area (Å²) in [6.45, 7) is 4.18. The summed E-state index contributed by atoms with van der Waals surface area (Å²) in [6.07, 6.45) is 0. The molecule has 0 aliphatic carbocycles. The Hall–Kier alpha value is -1.51. The molecule has 0 saturated heterocycles. The van der Waals surface area contributed by atoms with Crippen molar-refractivity contribution in [1.29, 1.82) is 0 Å². The van der Waals surface area contributed by atoms with Crippen LogP contribution in [0.2, 0.25) is 0 Å². The van der Waals surface area contributed by atoms with Crippen molar-refractivity contribution in [3.8, 4) is 5.88 Å². The highest BCUT2D eigenvalue weighted by atomic mass is 16.5. The molecule has 1 aromatic heterocycles. The first-order valence-corrected chi connectivity index (χ1v) is 4.75. The summed E-state index contributed by atoms with van der Waals surface area (Å²) in [4.78, 5) is 0. The Kier molecular flexibility index (Phi) is 2.15. The van der Waals surface area contributed by atoms with Crippen LogP contribution in [0.25, 0.3) is 10.9 Å². The molecule has 3 nitrogen and oxygen atoms in total. The van der Waals surface area contributed by atoms with Crippen LogP contribution in [-0.4, -0.2) is 16.9 Å². The quantitative estimate of drug-likeness (QED) is 0.727. The van der Waals surface area contributed by atoms with Gasteiger partial charge < -0.3 is 4.74 Å². The molecular formula is C11H14N2O. The molecule has 0 atom stereocenters. The predicted molar refractivity (Wildman–Crippen MR) is 56.7 cm³/mol. The number of hydrogen-bond donors (Lipinski definition) is 0. The van der Waals surface area contributed by atoms with Gasteiger partial charge in [0.25, 0.3) is 0 Å². The molecule has 0 fully saturated rings. The van der Waals surface area contributed by atoms with Crippen molar-refractivity contribution in [2.45, 2.75) is 19.9 Å². The van der Waals surface area contributed by atoms with E-state index in [1.165, 1.54) is 0 Å². The molecule has 14 heavy (non-hydrogen) atoms. The van der Waals surface area contributed by atoms with E-state index in [9.17, 15) is 0 Å². The minimum absolute atomic E-state index is 0.317. The van der Waals surface area contributed by atoms with Crippen molar-refractivity contribution in [3.05, 3.63) is 24.3 Å². The molecule has 0 unspecified atom stereocenters. The van der Waals surface area contributed by atoms with E-state index < -0.39 is 0 Å². The van der Waals surface area contributed by atoms with Gasteiger partial charge in [0.05, 0.1) is 24.1 Å². The Bertz CT molecular complexity index is 445. The van der Waals surface area contributed by atoms with Crippen LogP contribution in [0.1, 0.15) is 19.9 Å². The zero-order valence-corrected chi connectivity index (χ0v) is 8.69. The second-order valence-corrected chi connectivity index (χ2v) is 3.56. The second-order valence-electron chi connectivity index (χ2n) is 3.56. The summed E-state index contributed by atoms with van der Waals surface area (Å²) in [5.74, 6) is 0.843. The highest BCUT2D eigenvalue weighted by molar-refractivity contribution is 5.84. The third kappa shape index (κ3) is 1.25. The normalized spacial score (nSPS) is 11.1. The topological polar surface area (TPSA) is 27.1 Å². The third-order valence-corrected chi connectivity index (χ3v) is 2.24. The molecule has 1 heterocycles. The largest absolute Gasteiger partial charge is 0.481 e. The number of hydrogen-bond acceptors (Lipinski definition) is 2. The molecule has 0 N–H and O–H groups in total. The molecular weight excluding hydrogens is 176 g/mol. The lowest BCUT2D eigenvalue weighted by atomic mass is 10.2. The van der Waals surface area contributed by atoms with Gasteiger partial charge in [0.2, 0.25) is 5.88 Å². The van der Waals surface area contributed by atoms with Gasteiger partial charge in [-0.3, -0.25) is 0 Å². The summed E-state index contributed by atoms with van der Waals surface area (Å²) < 4.78 is 7.27. The Labute approximate surface area is 83.3 Å². The van der Waals surface area contributed by atoms with Crippen LogP contribution in [0.4, 0.5) is 0 Å². The highest BCUT2D eigenvalue weighted by Crippen LogP contribution is 2.27. The Morgan fingerprint density at radius 2 is 2.00 bits per heavy atom. The summed E-state index contributed by atoms with van der Waals surface area (Å²) in [6, 6.07) is 8.32. The van der Waals surface area contributed by atoms with Crippen molar-refractivity contribution in [1.82, 2.24) is 9.78 Å². The molecule has 0 bridgehead atoms. The molecule has 3 heteroatoms. The molecule has 0 saturated carbocycles. The first kappa shape index (κ1) is 9.06. The minimum atomic E-state index is 0.317. The van der Waals surface area contributed by atoms with Crippen LogP contribution < -0.4 is 4.74 Å². The first-order valence-electron chi connectivity index (χ1n) is 4.75. The van der Waals surface area contributed by atoms with Crippen molar-refractivity contribution >= 4 is 10.9 Å². The van der Waals surface area contributed by atoms with E-state index in [0.29, 0.717) is 6.04 Å². The van der Waals surface area contributed by atoms with Crippen LogP contribution in [0.5, 0.6) is 5.88 Å². The number of methoxy groups -OCH3 is 1. The highest BCUT2D eigenvalue weighted by Gasteiger charge is 2.12. The summed E-state index contributed by atoms with van der Waals surface area (Å²) in [7, 11) is 1.68. The monoisotopic (exact) mass is 190 g/mol. The van der Waals surface area contributed by atoms with Crippen LogP contribution in [-0.2, 0) is 0 Å². The summed E-state index contributed by atoms with van der Waals surface area (Å²) in [5.41, 5.74) is 0.984. The van der Waals surface area contributed by atoms with E-state index in [1.807, 2.05) is 28.9 Å². The lowest BCUT2D eigenvalue weighted by Gasteiger charge is -2.08. The van der Waals surface area contributed by atoms with Crippen molar-refractivity contribution in [3.63, 3.8) is 0 Å². The predicted octanol–water partition coefficient (Wildman–Crippen LogP) is 2.63. The molecule has 0 amide bonds. The van der Waals surface area contributed by atoms with Gasteiger partial charge in [-0.25, -0.2) is 4.68 Å². The Balaban J connectivity index is 2.72. The number of nitrogens with zero attached hydrogens (tertiary/aromatic N) is 2. The second kappa shape index (κ2) is 3.33. The number of rotatable bonds is 2. The van der Waals surface area contributed by atoms with E-state index in [-0.39, 0.29) is 0 Å². The van der Waals surface area contributed by atoms with Gasteiger partial charge in [-0.05, 0) is 26.0 Å². The molecule has 0 aliphatic heterocycles. The first-order chi connectivity index (χ1) is 6.74. The standard InChI is InChI=1S/C11H14N2O/c1-8(2)13-11(14-3)9-6-4-5-7-10(9)12-13/h4-8H,1-3H3. The van der Waals surface area contributed by atoms with Crippen LogP contribution in [0.15, 0.2) is 24.3 Å². The van der Waals surface area contributed by atoms with Gasteiger partial charge >= 0.3 is 0 Å². The number of aromatic nitrogens is 2. The lowest BCUT2D eigenvalue weighted by molar-refractivity contribution is 0.349. The zero-order valence-electron chi connectivity index (χ0n) is 8.69. The Morgan fingerprint density at radius 3 is 2.64 bits per heavy atom. The van der Waals surface area contributed by atoms with Crippen LogP contribution in [0.3, 0.4) is 0 Å². The smallest absolute Gasteiger partial charge is 0.219 e. The molecule has 1 aromatic carbocycles. The zero-order chi connectivity index (χ0) is 10.1. The van der Waals surface area contributed by atoms with Gasteiger partial charge in [-0.1, -0.05) is 12.1 Å². The molecule has 2 aromatic rings. The van der Waals surface area contributed by atoms with E-state index in [4.69, 9.17) is 4.74 Å². The maximum Gasteiger partial charge on any atom is 0.219 e. The fourth-order valence-corrected chi connectivity index (χ4v) is 1.58. The van der Waals surface area contributed by atoms with Gasteiger partial charge in [0, 0.05) is 0 Å². The van der Waals surface area contributed by atoms with Crippen molar-refractivity contribution in [2.24, 2.45) is 0 Å². The van der Waals surface area contributed by atoms with Gasteiger partial charge in [0.1, 0.15) is 0 Å². The number of fused-ring (bicyclic) bond motifs is 1. The van der Waals surface area contributed by atoms with Gasteiger partial charge in [-0.2, -0.15) is 5.10 Å². The maximum atomic E-state index is 5.36. The number of ether oxygens (including phenoxy) is 1. The maximum absolute atomic E-state index is 5.36. The van der Waals surface area contributed by atoms with Crippen LogP contribution >= 0.6 is 0 Å². The van der Waals surface area contributed by atoms with Gasteiger partial charge in [-0.15, -0.1) is 0 Å². The van der Waals surface area contributed by atoms with Crippen molar-refractivity contribution in [2.75, 3.05) is 7.11 Å². The molecule has 2 rings (SSSR count). The fourth-order valence-electron chi connectivity index (χ4n) is 1.58. The van der Waals surface area contributed by atoms with E-state index in [2.05, 4.69) is 18.9 Å². The van der Waals surface area contributed by atoms with E-state index in [1.54, 1.807) is 7.11 Å². The average molecular weight is 190 g/mol. The van der Waals surface area contributed by atoms with Crippen LogP contribution in [0, 0.1) is 0 Å². The molecule has 0 radical (unpaired) electrons. The van der Waals surface area contributed by atoms with Crippen molar-refractivity contribution < 1.29 is 4.74 Å². The fraction of sp³-hybridized carbons (Fsp3) is 0.364. The molecule has 0 aliphatic rings. The Morgan fingerprint density at radius 1 is 1.29 bits per heavy atom. The summed E-state index contributed by atoms with van der Waals surface area (Å²) >= 11 is 0. The summed E-state index contributed by atoms with van der Waals surface area (Å²) in [5, 5.41) is 5.55. The molecule has 74 valence electrons. The van der Waals surface area contributed by atoms with E-state index >= 15 is 0 Å². The lowest BCUT2D eigenvalue weighted by Crippen LogP contribution is -2.04. The number of benzene rings is 1. The SMILES string of the molecule is COc1c2ccccc2nn1C(C)C. The van der Waals surface area contributed by atoms with Gasteiger partial charge in [0.15, 0.2) is 0 Å².